The molecule has 0 bridgehead atoms. The maximum Gasteiger partial charge on any atom is 0.322 e. The van der Waals surface area contributed by atoms with Gasteiger partial charge < -0.3 is 19.7 Å². The first-order chi connectivity index (χ1) is 12.5. The molecule has 26 heavy (non-hydrogen) atoms. The van der Waals surface area contributed by atoms with E-state index < -0.39 is 17.7 Å². The second-order valence-electron chi connectivity index (χ2n) is 6.05. The van der Waals surface area contributed by atoms with E-state index in [0.717, 1.165) is 36.6 Å². The average molecular weight is 362 g/mol. The fourth-order valence-corrected chi connectivity index (χ4v) is 3.25. The highest BCUT2D eigenvalue weighted by Gasteiger charge is 2.32. The van der Waals surface area contributed by atoms with E-state index >= 15 is 0 Å². The van der Waals surface area contributed by atoms with Gasteiger partial charge in [-0.05, 0) is 43.2 Å². The van der Waals surface area contributed by atoms with Crippen LogP contribution < -0.4 is 14.8 Å². The van der Waals surface area contributed by atoms with Crippen LogP contribution in [0.3, 0.4) is 0 Å². The number of amides is 2. The van der Waals surface area contributed by atoms with Gasteiger partial charge in [0.25, 0.3) is 0 Å². The van der Waals surface area contributed by atoms with Gasteiger partial charge in [-0.3, -0.25) is 0 Å². The van der Waals surface area contributed by atoms with Crippen LogP contribution in [0.25, 0.3) is 0 Å². The summed E-state index contributed by atoms with van der Waals surface area (Å²) in [5.41, 5.74) is 0.917. The number of halogens is 2. The summed E-state index contributed by atoms with van der Waals surface area (Å²) in [7, 11) is 3.14. The Morgan fingerprint density at radius 3 is 2.50 bits per heavy atom. The number of benzene rings is 2. The van der Waals surface area contributed by atoms with Crippen molar-refractivity contribution in [1.29, 1.82) is 0 Å². The van der Waals surface area contributed by atoms with Crippen LogP contribution in [-0.4, -0.2) is 31.7 Å². The molecule has 2 aromatic carbocycles. The van der Waals surface area contributed by atoms with Crippen molar-refractivity contribution >= 4 is 11.7 Å². The van der Waals surface area contributed by atoms with Crippen molar-refractivity contribution < 1.29 is 23.0 Å². The Balaban J connectivity index is 1.85. The smallest absolute Gasteiger partial charge is 0.322 e. The Morgan fingerprint density at radius 1 is 1.12 bits per heavy atom. The van der Waals surface area contributed by atoms with E-state index in [0.29, 0.717) is 18.0 Å². The predicted molar refractivity (Wildman–Crippen MR) is 93.6 cm³/mol. The summed E-state index contributed by atoms with van der Waals surface area (Å²) in [5.74, 6) is -0.159. The minimum Gasteiger partial charge on any atom is -0.497 e. The summed E-state index contributed by atoms with van der Waals surface area (Å²) in [5, 5.41) is 2.57. The quantitative estimate of drug-likeness (QED) is 0.880. The number of hydrogen-bond donors (Lipinski definition) is 1. The van der Waals surface area contributed by atoms with Crippen LogP contribution in [0.5, 0.6) is 11.5 Å². The lowest BCUT2D eigenvalue weighted by atomic mass is 10.0. The van der Waals surface area contributed by atoms with Gasteiger partial charge in [-0.1, -0.05) is 0 Å². The SMILES string of the molecule is COc1ccc(OC)c(C2CCCN2C(=O)Nc2cc(F)cc(F)c2)c1. The van der Waals surface area contributed by atoms with Crippen LogP contribution in [0.2, 0.25) is 0 Å². The lowest BCUT2D eigenvalue weighted by Crippen LogP contribution is -2.34. The normalized spacial score (nSPS) is 16.5. The van der Waals surface area contributed by atoms with Gasteiger partial charge >= 0.3 is 6.03 Å². The van der Waals surface area contributed by atoms with Crippen molar-refractivity contribution in [1.82, 2.24) is 4.90 Å². The van der Waals surface area contributed by atoms with Gasteiger partial charge in [-0.15, -0.1) is 0 Å². The minimum absolute atomic E-state index is 0.0794. The van der Waals surface area contributed by atoms with Crippen molar-refractivity contribution in [3.05, 3.63) is 53.6 Å². The molecule has 1 saturated heterocycles. The van der Waals surface area contributed by atoms with Crippen LogP contribution in [0, 0.1) is 11.6 Å². The Morgan fingerprint density at radius 2 is 1.85 bits per heavy atom. The molecule has 0 spiro atoms. The predicted octanol–water partition coefficient (Wildman–Crippen LogP) is 4.35. The maximum atomic E-state index is 13.3. The van der Waals surface area contributed by atoms with Crippen molar-refractivity contribution in [3.8, 4) is 11.5 Å². The molecule has 0 aliphatic carbocycles. The number of anilines is 1. The van der Waals surface area contributed by atoms with E-state index in [4.69, 9.17) is 9.47 Å². The van der Waals surface area contributed by atoms with Crippen LogP contribution in [0.15, 0.2) is 36.4 Å². The molecule has 1 N–H and O–H groups in total. The highest BCUT2D eigenvalue weighted by atomic mass is 19.1. The van der Waals surface area contributed by atoms with E-state index in [1.807, 2.05) is 6.07 Å². The largest absolute Gasteiger partial charge is 0.497 e. The average Bonchev–Trinajstić information content (AvgIpc) is 3.10. The topological polar surface area (TPSA) is 50.8 Å². The molecule has 1 unspecified atom stereocenters. The van der Waals surface area contributed by atoms with E-state index in [9.17, 15) is 13.6 Å². The van der Waals surface area contributed by atoms with Crippen molar-refractivity contribution in [3.63, 3.8) is 0 Å². The third-order valence-electron chi connectivity index (χ3n) is 4.42. The fraction of sp³-hybridized carbons (Fsp3) is 0.316. The van der Waals surface area contributed by atoms with Crippen LogP contribution in [0.1, 0.15) is 24.4 Å². The molecular weight excluding hydrogens is 342 g/mol. The van der Waals surface area contributed by atoms with Gasteiger partial charge in [0.1, 0.15) is 23.1 Å². The van der Waals surface area contributed by atoms with Gasteiger partial charge in [-0.2, -0.15) is 0 Å². The number of carbonyl (C=O) groups excluding carboxylic acids is 1. The summed E-state index contributed by atoms with van der Waals surface area (Å²) < 4.78 is 37.4. The molecule has 0 saturated carbocycles. The zero-order chi connectivity index (χ0) is 18.7. The second-order valence-corrected chi connectivity index (χ2v) is 6.05. The zero-order valence-corrected chi connectivity index (χ0v) is 14.6. The Bertz CT molecular complexity index is 793. The summed E-state index contributed by atoms with van der Waals surface area (Å²) in [6.45, 7) is 0.536. The lowest BCUT2D eigenvalue weighted by molar-refractivity contribution is 0.206. The third kappa shape index (κ3) is 3.71. The van der Waals surface area contributed by atoms with Crippen LogP contribution >= 0.6 is 0 Å². The number of hydrogen-bond acceptors (Lipinski definition) is 3. The molecule has 1 fully saturated rings. The molecule has 2 aromatic rings. The molecule has 1 aliphatic heterocycles. The number of likely N-dealkylation sites (tertiary alicyclic amines) is 1. The van der Waals surface area contributed by atoms with Crippen LogP contribution in [-0.2, 0) is 0 Å². The fourth-order valence-electron chi connectivity index (χ4n) is 3.25. The van der Waals surface area contributed by atoms with Crippen molar-refractivity contribution in [2.24, 2.45) is 0 Å². The van der Waals surface area contributed by atoms with E-state index in [1.165, 1.54) is 0 Å². The van der Waals surface area contributed by atoms with Gasteiger partial charge in [0.15, 0.2) is 0 Å². The number of nitrogens with one attached hydrogen (secondary N) is 1. The van der Waals surface area contributed by atoms with Gasteiger partial charge in [0, 0.05) is 23.9 Å². The standard InChI is InChI=1S/C19H20F2N2O3/c1-25-15-5-6-18(26-2)16(11-15)17-4-3-7-23(17)19(24)22-14-9-12(20)8-13(21)10-14/h5-6,8-11,17H,3-4,7H2,1-2H3,(H,22,24). The summed E-state index contributed by atoms with van der Waals surface area (Å²) in [6.07, 6.45) is 1.57. The molecule has 1 heterocycles. The Kier molecular flexibility index (Phi) is 5.25. The first-order valence-electron chi connectivity index (χ1n) is 8.27. The zero-order valence-electron chi connectivity index (χ0n) is 14.6. The van der Waals surface area contributed by atoms with E-state index in [2.05, 4.69) is 5.32 Å². The summed E-state index contributed by atoms with van der Waals surface area (Å²) in [6, 6.07) is 7.73. The molecule has 3 rings (SSSR count). The Hall–Kier alpha value is -2.83. The highest BCUT2D eigenvalue weighted by Crippen LogP contribution is 2.39. The number of nitrogens with zero attached hydrogens (tertiary/aromatic N) is 1. The van der Waals surface area contributed by atoms with E-state index in [-0.39, 0.29) is 11.7 Å². The third-order valence-corrected chi connectivity index (χ3v) is 4.42. The minimum atomic E-state index is -0.743. The second kappa shape index (κ2) is 7.59. The van der Waals surface area contributed by atoms with Crippen LogP contribution in [0.4, 0.5) is 19.3 Å². The number of rotatable bonds is 4. The molecule has 5 nitrogen and oxygen atoms in total. The van der Waals surface area contributed by atoms with Crippen molar-refractivity contribution in [2.75, 3.05) is 26.1 Å². The molecule has 1 aliphatic rings. The number of carbonyl (C=O) groups is 1. The first-order valence-corrected chi connectivity index (χ1v) is 8.27. The lowest BCUT2D eigenvalue weighted by Gasteiger charge is -2.27. The van der Waals surface area contributed by atoms with Gasteiger partial charge in [0.2, 0.25) is 0 Å². The number of methoxy groups -OCH3 is 2. The monoisotopic (exact) mass is 362 g/mol. The molecule has 2 amide bonds. The molecule has 1 atom stereocenters. The number of urea groups is 1. The Labute approximate surface area is 150 Å². The van der Waals surface area contributed by atoms with E-state index in [1.54, 1.807) is 31.3 Å². The molecule has 0 aromatic heterocycles. The number of ether oxygens (including phenoxy) is 2. The molecule has 7 heteroatoms. The van der Waals surface area contributed by atoms with Gasteiger partial charge in [-0.25, -0.2) is 13.6 Å². The molecule has 0 radical (unpaired) electrons. The molecule has 138 valence electrons. The molecular formula is C19H20F2N2O3. The first kappa shape index (κ1) is 18.0. The summed E-state index contributed by atoms with van der Waals surface area (Å²) >= 11 is 0. The maximum absolute atomic E-state index is 13.3. The summed E-state index contributed by atoms with van der Waals surface area (Å²) in [4.78, 5) is 14.3. The van der Waals surface area contributed by atoms with Gasteiger partial charge in [0.05, 0.1) is 20.3 Å². The highest BCUT2D eigenvalue weighted by molar-refractivity contribution is 5.89. The van der Waals surface area contributed by atoms with Crippen molar-refractivity contribution in [2.45, 2.75) is 18.9 Å².